The number of benzene rings is 1. The fourth-order valence-corrected chi connectivity index (χ4v) is 3.35. The van der Waals surface area contributed by atoms with Gasteiger partial charge in [0.2, 0.25) is 5.91 Å². The Morgan fingerprint density at radius 2 is 1.93 bits per heavy atom. The number of hydrogen-bond acceptors (Lipinski definition) is 5. The van der Waals surface area contributed by atoms with E-state index >= 15 is 0 Å². The molecule has 30 heavy (non-hydrogen) atoms. The largest absolute Gasteiger partial charge is 0.486 e. The number of rotatable bonds is 5. The molecule has 0 radical (unpaired) electrons. The van der Waals surface area contributed by atoms with Gasteiger partial charge >= 0.3 is 6.18 Å². The minimum absolute atomic E-state index is 0.0847. The Morgan fingerprint density at radius 1 is 1.17 bits per heavy atom. The number of halogens is 4. The molecule has 0 unspecified atom stereocenters. The van der Waals surface area contributed by atoms with E-state index < -0.39 is 11.7 Å². The van der Waals surface area contributed by atoms with E-state index in [1.165, 1.54) is 10.6 Å². The van der Waals surface area contributed by atoms with E-state index in [0.717, 1.165) is 11.6 Å². The summed E-state index contributed by atoms with van der Waals surface area (Å²) in [5.74, 6) is 1.26. The van der Waals surface area contributed by atoms with Crippen molar-refractivity contribution in [2.24, 2.45) is 0 Å². The summed E-state index contributed by atoms with van der Waals surface area (Å²) in [7, 11) is 0. The first-order valence-corrected chi connectivity index (χ1v) is 9.44. The molecule has 0 saturated heterocycles. The number of nitrogens with zero attached hydrogens (tertiary/aromatic N) is 3. The summed E-state index contributed by atoms with van der Waals surface area (Å²) in [4.78, 5) is 12.2. The molecule has 1 aliphatic heterocycles. The smallest absolute Gasteiger partial charge is 0.420 e. The van der Waals surface area contributed by atoms with Crippen molar-refractivity contribution >= 4 is 23.2 Å². The van der Waals surface area contributed by atoms with E-state index in [0.29, 0.717) is 24.7 Å². The molecule has 1 aliphatic rings. The molecule has 11 heteroatoms. The van der Waals surface area contributed by atoms with E-state index in [2.05, 4.69) is 15.5 Å². The Kier molecular flexibility index (Phi) is 5.42. The number of carbonyl (C=O) groups is 1. The molecule has 1 N–H and O–H groups in total. The number of ether oxygens (including phenoxy) is 2. The third kappa shape index (κ3) is 4.28. The SMILES string of the molecule is O=C(Cc1ccc2c(c1)OCCO2)NCCc1nnc2c(C(F)(F)F)cc(Cl)cn12. The number of nitrogens with one attached hydrogen (secondary N) is 1. The number of aromatic nitrogens is 3. The molecular formula is C19H16ClF3N4O3. The maximum atomic E-state index is 13.2. The monoisotopic (exact) mass is 440 g/mol. The maximum absolute atomic E-state index is 13.2. The van der Waals surface area contributed by atoms with Crippen molar-refractivity contribution in [1.29, 1.82) is 0 Å². The van der Waals surface area contributed by atoms with Gasteiger partial charge in [0.15, 0.2) is 17.1 Å². The van der Waals surface area contributed by atoms with Gasteiger partial charge in [0.25, 0.3) is 0 Å². The molecule has 7 nitrogen and oxygen atoms in total. The van der Waals surface area contributed by atoms with Gasteiger partial charge in [-0.15, -0.1) is 10.2 Å². The molecule has 3 aromatic rings. The number of fused-ring (bicyclic) bond motifs is 2. The molecule has 0 aliphatic carbocycles. The molecule has 158 valence electrons. The highest BCUT2D eigenvalue weighted by molar-refractivity contribution is 6.30. The highest BCUT2D eigenvalue weighted by Gasteiger charge is 2.35. The van der Waals surface area contributed by atoms with Crippen molar-refractivity contribution in [3.05, 3.63) is 52.4 Å². The van der Waals surface area contributed by atoms with Crippen LogP contribution >= 0.6 is 11.6 Å². The molecule has 1 aromatic carbocycles. The average Bonchev–Trinajstić information content (AvgIpc) is 3.09. The van der Waals surface area contributed by atoms with Gasteiger partial charge in [0, 0.05) is 19.2 Å². The molecular weight excluding hydrogens is 425 g/mol. The first kappa shape index (κ1) is 20.3. The number of alkyl halides is 3. The molecule has 0 bridgehead atoms. The lowest BCUT2D eigenvalue weighted by Crippen LogP contribution is -2.27. The van der Waals surface area contributed by atoms with Crippen LogP contribution in [0.3, 0.4) is 0 Å². The van der Waals surface area contributed by atoms with Crippen LogP contribution in [0.1, 0.15) is 17.0 Å². The Labute approximate surface area is 173 Å². The summed E-state index contributed by atoms with van der Waals surface area (Å²) in [5.41, 5.74) is -0.535. The van der Waals surface area contributed by atoms with Crippen molar-refractivity contribution < 1.29 is 27.4 Å². The fraction of sp³-hybridized carbons (Fsp3) is 0.316. The van der Waals surface area contributed by atoms with E-state index in [9.17, 15) is 18.0 Å². The summed E-state index contributed by atoms with van der Waals surface area (Å²) < 4.78 is 51.6. The molecule has 0 spiro atoms. The Morgan fingerprint density at radius 3 is 2.70 bits per heavy atom. The van der Waals surface area contributed by atoms with Crippen molar-refractivity contribution in [1.82, 2.24) is 19.9 Å². The van der Waals surface area contributed by atoms with Crippen LogP contribution in [-0.4, -0.2) is 40.3 Å². The third-order valence-electron chi connectivity index (χ3n) is 4.49. The predicted molar refractivity (Wildman–Crippen MR) is 101 cm³/mol. The lowest BCUT2D eigenvalue weighted by molar-refractivity contribution is -0.136. The van der Waals surface area contributed by atoms with Crippen LogP contribution in [0.15, 0.2) is 30.5 Å². The van der Waals surface area contributed by atoms with Gasteiger partial charge in [-0.1, -0.05) is 17.7 Å². The van der Waals surface area contributed by atoms with Crippen molar-refractivity contribution in [2.45, 2.75) is 19.0 Å². The first-order chi connectivity index (χ1) is 14.3. The molecule has 1 amide bonds. The number of pyridine rings is 1. The van der Waals surface area contributed by atoms with E-state index in [-0.39, 0.29) is 41.8 Å². The zero-order valence-corrected chi connectivity index (χ0v) is 16.3. The summed E-state index contributed by atoms with van der Waals surface area (Å²) in [5, 5.41) is 10.1. The van der Waals surface area contributed by atoms with Gasteiger partial charge in [0.05, 0.1) is 11.4 Å². The second-order valence-electron chi connectivity index (χ2n) is 6.63. The predicted octanol–water partition coefficient (Wildman–Crippen LogP) is 3.07. The van der Waals surface area contributed by atoms with E-state index in [1.807, 2.05) is 0 Å². The van der Waals surface area contributed by atoms with Crippen molar-refractivity contribution in [2.75, 3.05) is 19.8 Å². The minimum Gasteiger partial charge on any atom is -0.486 e. The summed E-state index contributed by atoms with van der Waals surface area (Å²) >= 11 is 5.82. The van der Waals surface area contributed by atoms with Crippen LogP contribution in [0, 0.1) is 0 Å². The van der Waals surface area contributed by atoms with Crippen molar-refractivity contribution in [3.8, 4) is 11.5 Å². The first-order valence-electron chi connectivity index (χ1n) is 9.07. The summed E-state index contributed by atoms with van der Waals surface area (Å²) in [6.07, 6.45) is -2.97. The second kappa shape index (κ2) is 8.02. The Bertz CT molecular complexity index is 1100. The van der Waals surface area contributed by atoms with Crippen molar-refractivity contribution in [3.63, 3.8) is 0 Å². The summed E-state index contributed by atoms with van der Waals surface area (Å²) in [6.45, 7) is 1.12. The van der Waals surface area contributed by atoms with Gasteiger partial charge in [-0.05, 0) is 23.8 Å². The zero-order chi connectivity index (χ0) is 21.3. The molecule has 2 aromatic heterocycles. The van der Waals surface area contributed by atoms with Crippen LogP contribution in [0.25, 0.3) is 5.65 Å². The lowest BCUT2D eigenvalue weighted by Gasteiger charge is -2.18. The molecule has 0 saturated carbocycles. The van der Waals surface area contributed by atoms with Crippen LogP contribution in [0.2, 0.25) is 5.02 Å². The average molecular weight is 441 g/mol. The minimum atomic E-state index is -4.60. The number of carbonyl (C=O) groups excluding carboxylic acids is 1. The highest BCUT2D eigenvalue weighted by Crippen LogP contribution is 2.34. The molecule has 0 atom stereocenters. The quantitative estimate of drug-likeness (QED) is 0.659. The number of hydrogen-bond donors (Lipinski definition) is 1. The molecule has 0 fully saturated rings. The van der Waals surface area contributed by atoms with E-state index in [4.69, 9.17) is 21.1 Å². The van der Waals surface area contributed by atoms with Crippen LogP contribution in [0.5, 0.6) is 11.5 Å². The van der Waals surface area contributed by atoms with Gasteiger partial charge in [-0.3, -0.25) is 9.20 Å². The molecule has 3 heterocycles. The summed E-state index contributed by atoms with van der Waals surface area (Å²) in [6, 6.07) is 6.09. The zero-order valence-electron chi connectivity index (χ0n) is 15.5. The van der Waals surface area contributed by atoms with Crippen LogP contribution < -0.4 is 14.8 Å². The van der Waals surface area contributed by atoms with Gasteiger partial charge in [-0.2, -0.15) is 13.2 Å². The van der Waals surface area contributed by atoms with Gasteiger partial charge in [-0.25, -0.2) is 0 Å². The third-order valence-corrected chi connectivity index (χ3v) is 4.70. The van der Waals surface area contributed by atoms with Gasteiger partial charge < -0.3 is 14.8 Å². The topological polar surface area (TPSA) is 77.8 Å². The standard InChI is InChI=1S/C19H16ClF3N4O3/c20-12-9-13(19(21,22)23)18-26-25-16(27(18)10-12)3-4-24-17(28)8-11-1-2-14-15(7-11)30-6-5-29-14/h1-2,7,9-10H,3-6,8H2,(H,24,28). The Hall–Kier alpha value is -3.01. The van der Waals surface area contributed by atoms with Crippen LogP contribution in [0.4, 0.5) is 13.2 Å². The van der Waals surface area contributed by atoms with Gasteiger partial charge in [0.1, 0.15) is 24.6 Å². The number of amides is 1. The second-order valence-corrected chi connectivity index (χ2v) is 7.07. The lowest BCUT2D eigenvalue weighted by atomic mass is 10.1. The molecule has 4 rings (SSSR count). The maximum Gasteiger partial charge on any atom is 0.420 e. The fourth-order valence-electron chi connectivity index (χ4n) is 3.14. The Balaban J connectivity index is 1.39. The highest BCUT2D eigenvalue weighted by atomic mass is 35.5. The normalized spacial score (nSPS) is 13.5. The van der Waals surface area contributed by atoms with Crippen LogP contribution in [-0.2, 0) is 23.8 Å². The van der Waals surface area contributed by atoms with E-state index in [1.54, 1.807) is 18.2 Å².